The summed E-state index contributed by atoms with van der Waals surface area (Å²) in [7, 11) is 0. The molecule has 130 valence electrons. The smallest absolute Gasteiger partial charge is 0.270 e. The number of nitrogens with zero attached hydrogens (tertiary/aromatic N) is 1. The fourth-order valence-electron chi connectivity index (χ4n) is 2.42. The SMILES string of the molecule is CCc1c(C)sc(NC(=O)C=Cc2cccc([N+](=O)[O-])c2)c1C(N)=O. The summed E-state index contributed by atoms with van der Waals surface area (Å²) in [6.45, 7) is 3.78. The van der Waals surface area contributed by atoms with E-state index in [2.05, 4.69) is 5.32 Å². The number of carbonyl (C=O) groups is 2. The summed E-state index contributed by atoms with van der Waals surface area (Å²) in [5, 5.41) is 13.8. The van der Waals surface area contributed by atoms with Crippen LogP contribution < -0.4 is 11.1 Å². The summed E-state index contributed by atoms with van der Waals surface area (Å²) in [5.74, 6) is -1.03. The third-order valence-corrected chi connectivity index (χ3v) is 4.62. The molecule has 7 nitrogen and oxygen atoms in total. The average Bonchev–Trinajstić information content (AvgIpc) is 2.88. The number of rotatable bonds is 6. The van der Waals surface area contributed by atoms with Gasteiger partial charge in [0.05, 0.1) is 10.5 Å². The van der Waals surface area contributed by atoms with Crippen LogP contribution in [0.3, 0.4) is 0 Å². The van der Waals surface area contributed by atoms with Gasteiger partial charge in [-0.2, -0.15) is 0 Å². The lowest BCUT2D eigenvalue weighted by molar-refractivity contribution is -0.384. The summed E-state index contributed by atoms with van der Waals surface area (Å²) >= 11 is 1.29. The Labute approximate surface area is 148 Å². The molecule has 0 fully saturated rings. The second kappa shape index (κ2) is 7.71. The lowest BCUT2D eigenvalue weighted by Gasteiger charge is -2.03. The van der Waals surface area contributed by atoms with Gasteiger partial charge in [-0.25, -0.2) is 0 Å². The molecule has 0 saturated heterocycles. The van der Waals surface area contributed by atoms with Crippen molar-refractivity contribution in [3.8, 4) is 0 Å². The van der Waals surface area contributed by atoms with Gasteiger partial charge >= 0.3 is 0 Å². The van der Waals surface area contributed by atoms with Gasteiger partial charge in [0, 0.05) is 23.1 Å². The molecule has 0 atom stereocenters. The number of hydrogen-bond acceptors (Lipinski definition) is 5. The first-order valence-corrected chi connectivity index (χ1v) is 8.30. The normalized spacial score (nSPS) is 10.8. The van der Waals surface area contributed by atoms with E-state index in [0.717, 1.165) is 10.4 Å². The highest BCUT2D eigenvalue weighted by Crippen LogP contribution is 2.33. The summed E-state index contributed by atoms with van der Waals surface area (Å²) in [6, 6.07) is 5.92. The van der Waals surface area contributed by atoms with Crippen LogP contribution in [0, 0.1) is 17.0 Å². The number of non-ortho nitro benzene ring substituents is 1. The molecule has 1 aromatic carbocycles. The first kappa shape index (κ1) is 18.3. The van der Waals surface area contributed by atoms with Crippen molar-refractivity contribution >= 4 is 39.9 Å². The number of nitrogens with one attached hydrogen (secondary N) is 1. The van der Waals surface area contributed by atoms with Gasteiger partial charge < -0.3 is 11.1 Å². The molecule has 0 aliphatic heterocycles. The van der Waals surface area contributed by atoms with Gasteiger partial charge in [0.15, 0.2) is 0 Å². The Kier molecular flexibility index (Phi) is 5.66. The molecule has 25 heavy (non-hydrogen) atoms. The summed E-state index contributed by atoms with van der Waals surface area (Å²) < 4.78 is 0. The number of thiophene rings is 1. The number of benzene rings is 1. The number of hydrogen-bond donors (Lipinski definition) is 2. The number of anilines is 1. The summed E-state index contributed by atoms with van der Waals surface area (Å²) in [4.78, 5) is 35.0. The minimum Gasteiger partial charge on any atom is -0.365 e. The van der Waals surface area contributed by atoms with Crippen molar-refractivity contribution < 1.29 is 14.5 Å². The topological polar surface area (TPSA) is 115 Å². The standard InChI is InChI=1S/C17H17N3O4S/c1-3-13-10(2)25-17(15(13)16(18)22)19-14(21)8-7-11-5-4-6-12(9-11)20(23)24/h4-9H,3H2,1-2H3,(H2,18,22)(H,19,21). The van der Waals surface area contributed by atoms with Crippen molar-refractivity contribution in [3.05, 3.63) is 62.0 Å². The molecule has 0 bridgehead atoms. The molecule has 0 radical (unpaired) electrons. The Bertz CT molecular complexity index is 871. The second-order valence-corrected chi connectivity index (χ2v) is 6.46. The Balaban J connectivity index is 2.19. The molecule has 2 aromatic rings. The van der Waals surface area contributed by atoms with E-state index in [-0.39, 0.29) is 5.69 Å². The molecular formula is C17H17N3O4S. The molecule has 0 spiro atoms. The first-order chi connectivity index (χ1) is 11.8. The van der Waals surface area contributed by atoms with E-state index in [1.54, 1.807) is 6.07 Å². The molecule has 2 amide bonds. The van der Waals surface area contributed by atoms with Crippen LogP contribution in [-0.4, -0.2) is 16.7 Å². The van der Waals surface area contributed by atoms with Gasteiger partial charge in [0.25, 0.3) is 11.6 Å². The fourth-order valence-corrected chi connectivity index (χ4v) is 3.57. The Morgan fingerprint density at radius 3 is 2.72 bits per heavy atom. The molecule has 8 heteroatoms. The molecular weight excluding hydrogens is 342 g/mol. The molecule has 1 aromatic heterocycles. The molecule has 0 unspecified atom stereocenters. The van der Waals surface area contributed by atoms with Crippen molar-refractivity contribution in [1.82, 2.24) is 0 Å². The average molecular weight is 359 g/mol. The van der Waals surface area contributed by atoms with E-state index < -0.39 is 16.7 Å². The number of nitro benzene ring substituents is 1. The highest BCUT2D eigenvalue weighted by molar-refractivity contribution is 7.16. The van der Waals surface area contributed by atoms with E-state index >= 15 is 0 Å². The largest absolute Gasteiger partial charge is 0.365 e. The van der Waals surface area contributed by atoms with Crippen molar-refractivity contribution in [2.45, 2.75) is 20.3 Å². The predicted molar refractivity (Wildman–Crippen MR) is 97.7 cm³/mol. The van der Waals surface area contributed by atoms with Crippen LogP contribution in [0.5, 0.6) is 0 Å². The highest BCUT2D eigenvalue weighted by atomic mass is 32.1. The van der Waals surface area contributed by atoms with Crippen LogP contribution >= 0.6 is 11.3 Å². The van der Waals surface area contributed by atoms with Crippen LogP contribution in [0.15, 0.2) is 30.3 Å². The number of aryl methyl sites for hydroxylation is 1. The lowest BCUT2D eigenvalue weighted by Crippen LogP contribution is -2.16. The van der Waals surface area contributed by atoms with Gasteiger partial charge in [0.2, 0.25) is 5.91 Å². The van der Waals surface area contributed by atoms with Gasteiger partial charge in [-0.3, -0.25) is 19.7 Å². The Morgan fingerprint density at radius 1 is 1.40 bits per heavy atom. The van der Waals surface area contributed by atoms with Crippen molar-refractivity contribution in [3.63, 3.8) is 0 Å². The zero-order chi connectivity index (χ0) is 18.6. The number of carbonyl (C=O) groups excluding carboxylic acids is 2. The maximum absolute atomic E-state index is 12.1. The van der Waals surface area contributed by atoms with Crippen molar-refractivity contribution in [2.24, 2.45) is 5.73 Å². The van der Waals surface area contributed by atoms with Crippen molar-refractivity contribution in [1.29, 1.82) is 0 Å². The third kappa shape index (κ3) is 4.30. The minimum atomic E-state index is -0.584. The fraction of sp³-hybridized carbons (Fsp3) is 0.176. The molecule has 3 N–H and O–H groups in total. The predicted octanol–water partition coefficient (Wildman–Crippen LogP) is 3.28. The van der Waals surface area contributed by atoms with E-state index in [4.69, 9.17) is 5.73 Å². The van der Waals surface area contributed by atoms with Crippen LogP contribution in [0.1, 0.15) is 33.3 Å². The first-order valence-electron chi connectivity index (χ1n) is 7.49. The summed E-state index contributed by atoms with van der Waals surface area (Å²) in [5.41, 5.74) is 7.06. The van der Waals surface area contributed by atoms with E-state index in [9.17, 15) is 19.7 Å². The number of nitrogens with two attached hydrogens (primary N) is 1. The van der Waals surface area contributed by atoms with Gasteiger partial charge in [-0.05, 0) is 30.5 Å². The van der Waals surface area contributed by atoms with E-state index in [1.807, 2.05) is 13.8 Å². The Hall–Kier alpha value is -3.00. The zero-order valence-corrected chi connectivity index (χ0v) is 14.6. The lowest BCUT2D eigenvalue weighted by atomic mass is 10.1. The molecule has 1 heterocycles. The summed E-state index contributed by atoms with van der Waals surface area (Å²) in [6.07, 6.45) is 3.36. The van der Waals surface area contributed by atoms with Crippen LogP contribution in [-0.2, 0) is 11.2 Å². The van der Waals surface area contributed by atoms with Gasteiger partial charge in [-0.1, -0.05) is 19.1 Å². The maximum Gasteiger partial charge on any atom is 0.270 e. The molecule has 0 saturated carbocycles. The number of amides is 2. The monoisotopic (exact) mass is 359 g/mol. The zero-order valence-electron chi connectivity index (χ0n) is 13.7. The highest BCUT2D eigenvalue weighted by Gasteiger charge is 2.19. The molecule has 0 aliphatic rings. The van der Waals surface area contributed by atoms with Crippen LogP contribution in [0.2, 0.25) is 0 Å². The minimum absolute atomic E-state index is 0.0555. The second-order valence-electron chi connectivity index (χ2n) is 5.23. The van der Waals surface area contributed by atoms with Crippen molar-refractivity contribution in [2.75, 3.05) is 5.32 Å². The third-order valence-electron chi connectivity index (χ3n) is 3.55. The number of nitro groups is 1. The Morgan fingerprint density at radius 2 is 2.12 bits per heavy atom. The number of primary amides is 1. The maximum atomic E-state index is 12.1. The van der Waals surface area contributed by atoms with Crippen LogP contribution in [0.4, 0.5) is 10.7 Å². The van der Waals surface area contributed by atoms with Gasteiger partial charge in [-0.15, -0.1) is 11.3 Å². The van der Waals surface area contributed by atoms with E-state index in [1.165, 1.54) is 41.7 Å². The van der Waals surface area contributed by atoms with Gasteiger partial charge in [0.1, 0.15) is 5.00 Å². The quantitative estimate of drug-likeness (QED) is 0.468. The molecule has 2 rings (SSSR count). The van der Waals surface area contributed by atoms with Crippen LogP contribution in [0.25, 0.3) is 6.08 Å². The molecule has 0 aliphatic carbocycles. The van der Waals surface area contributed by atoms with E-state index in [0.29, 0.717) is 22.5 Å².